The number of hydrogen-bond acceptors (Lipinski definition) is 5. The van der Waals surface area contributed by atoms with Gasteiger partial charge in [0, 0.05) is 9.79 Å². The number of ether oxygens (including phenoxy) is 1. The van der Waals surface area contributed by atoms with E-state index in [4.69, 9.17) is 10.00 Å². The van der Waals surface area contributed by atoms with Crippen molar-refractivity contribution in [2.24, 2.45) is 0 Å². The number of rotatable bonds is 6. The Labute approximate surface area is 173 Å². The SMILES string of the molecule is C[C@@H](OC(=O)c1cccc(C#N)c1)C(=O)Nc1ccccc1Sc1ccccc1. The van der Waals surface area contributed by atoms with Crippen LogP contribution in [-0.2, 0) is 9.53 Å². The van der Waals surface area contributed by atoms with E-state index in [2.05, 4.69) is 5.32 Å². The maximum Gasteiger partial charge on any atom is 0.338 e. The van der Waals surface area contributed by atoms with Crippen LogP contribution < -0.4 is 5.32 Å². The van der Waals surface area contributed by atoms with Gasteiger partial charge in [0.1, 0.15) is 0 Å². The molecule has 144 valence electrons. The van der Waals surface area contributed by atoms with Crippen molar-refractivity contribution in [3.05, 3.63) is 90.0 Å². The standard InChI is InChI=1S/C23H18N2O3S/c1-16(28-23(27)18-9-7-8-17(14-18)15-24)22(26)25-20-12-5-6-13-21(20)29-19-10-3-2-4-11-19/h2-14,16H,1H3,(H,25,26)/t16-/m1/s1. The molecule has 6 heteroatoms. The third kappa shape index (κ3) is 5.47. The van der Waals surface area contributed by atoms with E-state index in [9.17, 15) is 9.59 Å². The van der Waals surface area contributed by atoms with Crippen LogP contribution in [0.25, 0.3) is 0 Å². The topological polar surface area (TPSA) is 79.2 Å². The molecule has 1 amide bonds. The van der Waals surface area contributed by atoms with Crippen LogP contribution in [-0.4, -0.2) is 18.0 Å². The lowest BCUT2D eigenvalue weighted by atomic mass is 10.1. The molecule has 0 aromatic heterocycles. The molecule has 0 aliphatic rings. The van der Waals surface area contributed by atoms with Gasteiger partial charge in [0.15, 0.2) is 6.10 Å². The maximum absolute atomic E-state index is 12.6. The molecule has 0 spiro atoms. The molecule has 0 radical (unpaired) electrons. The minimum Gasteiger partial charge on any atom is -0.449 e. The second-order valence-electron chi connectivity index (χ2n) is 6.14. The zero-order chi connectivity index (χ0) is 20.6. The Kier molecular flexibility index (Phi) is 6.67. The second kappa shape index (κ2) is 9.58. The van der Waals surface area contributed by atoms with E-state index in [-0.39, 0.29) is 5.56 Å². The number of esters is 1. The van der Waals surface area contributed by atoms with Crippen LogP contribution in [0.1, 0.15) is 22.8 Å². The van der Waals surface area contributed by atoms with E-state index in [1.165, 1.54) is 24.8 Å². The number of nitriles is 1. The van der Waals surface area contributed by atoms with Gasteiger partial charge in [0.25, 0.3) is 5.91 Å². The lowest BCUT2D eigenvalue weighted by Crippen LogP contribution is -2.30. The monoisotopic (exact) mass is 402 g/mol. The van der Waals surface area contributed by atoms with Crippen molar-refractivity contribution in [2.45, 2.75) is 22.8 Å². The predicted molar refractivity (Wildman–Crippen MR) is 112 cm³/mol. The molecule has 0 aliphatic heterocycles. The molecule has 0 heterocycles. The Morgan fingerprint density at radius 3 is 2.48 bits per heavy atom. The summed E-state index contributed by atoms with van der Waals surface area (Å²) in [5.74, 6) is -1.09. The number of amides is 1. The molecule has 3 aromatic carbocycles. The minimum absolute atomic E-state index is 0.226. The van der Waals surface area contributed by atoms with Crippen molar-refractivity contribution in [2.75, 3.05) is 5.32 Å². The summed E-state index contributed by atoms with van der Waals surface area (Å²) in [5, 5.41) is 11.8. The number of hydrogen-bond donors (Lipinski definition) is 1. The Balaban J connectivity index is 1.67. The first-order chi connectivity index (χ1) is 14.1. The van der Waals surface area contributed by atoms with Crippen LogP contribution in [0.5, 0.6) is 0 Å². The van der Waals surface area contributed by atoms with E-state index in [1.54, 1.807) is 24.3 Å². The van der Waals surface area contributed by atoms with Gasteiger partial charge in [-0.15, -0.1) is 0 Å². The highest BCUT2D eigenvalue weighted by molar-refractivity contribution is 7.99. The van der Waals surface area contributed by atoms with Crippen LogP contribution in [0.2, 0.25) is 0 Å². The van der Waals surface area contributed by atoms with Gasteiger partial charge in [-0.1, -0.05) is 48.2 Å². The third-order valence-electron chi connectivity index (χ3n) is 4.00. The van der Waals surface area contributed by atoms with Crippen molar-refractivity contribution < 1.29 is 14.3 Å². The third-order valence-corrected chi connectivity index (χ3v) is 5.08. The fourth-order valence-corrected chi connectivity index (χ4v) is 3.43. The molecule has 0 saturated heterocycles. The Morgan fingerprint density at radius 1 is 1.00 bits per heavy atom. The van der Waals surface area contributed by atoms with Crippen LogP contribution in [0.3, 0.4) is 0 Å². The van der Waals surface area contributed by atoms with E-state index in [1.807, 2.05) is 54.6 Å². The van der Waals surface area contributed by atoms with Gasteiger partial charge in [-0.2, -0.15) is 5.26 Å². The molecule has 5 nitrogen and oxygen atoms in total. The molecule has 0 aliphatic carbocycles. The fourth-order valence-electron chi connectivity index (χ4n) is 2.51. The number of nitrogens with zero attached hydrogens (tertiary/aromatic N) is 1. The van der Waals surface area contributed by atoms with Gasteiger partial charge in [-0.05, 0) is 49.4 Å². The Hall–Kier alpha value is -3.56. The summed E-state index contributed by atoms with van der Waals surface area (Å²) in [6.45, 7) is 1.51. The zero-order valence-corrected chi connectivity index (χ0v) is 16.5. The Morgan fingerprint density at radius 2 is 1.72 bits per heavy atom. The summed E-state index contributed by atoms with van der Waals surface area (Å²) >= 11 is 1.53. The van der Waals surface area contributed by atoms with Gasteiger partial charge in [-0.3, -0.25) is 4.79 Å². The molecule has 1 atom stereocenters. The molecular formula is C23H18N2O3S. The number of benzene rings is 3. The van der Waals surface area contributed by atoms with Gasteiger partial charge in [0.05, 0.1) is 22.9 Å². The average Bonchev–Trinajstić information content (AvgIpc) is 2.75. The summed E-state index contributed by atoms with van der Waals surface area (Å²) in [6, 6.07) is 25.4. The van der Waals surface area contributed by atoms with Gasteiger partial charge >= 0.3 is 5.97 Å². The van der Waals surface area contributed by atoms with Crippen LogP contribution >= 0.6 is 11.8 Å². The van der Waals surface area contributed by atoms with Gasteiger partial charge < -0.3 is 10.1 Å². The van der Waals surface area contributed by atoms with Gasteiger partial charge in [-0.25, -0.2) is 4.79 Å². The predicted octanol–water partition coefficient (Wildman–Crippen LogP) is 4.89. The quantitative estimate of drug-likeness (QED) is 0.594. The molecule has 0 bridgehead atoms. The van der Waals surface area contributed by atoms with Crippen molar-refractivity contribution in [3.63, 3.8) is 0 Å². The van der Waals surface area contributed by atoms with Crippen LogP contribution in [0.4, 0.5) is 5.69 Å². The number of para-hydroxylation sites is 1. The van der Waals surface area contributed by atoms with E-state index >= 15 is 0 Å². The van der Waals surface area contributed by atoms with E-state index < -0.39 is 18.0 Å². The van der Waals surface area contributed by atoms with Crippen LogP contribution in [0.15, 0.2) is 88.7 Å². The lowest BCUT2D eigenvalue weighted by molar-refractivity contribution is -0.123. The van der Waals surface area contributed by atoms with Crippen molar-refractivity contribution in [1.82, 2.24) is 0 Å². The first kappa shape index (κ1) is 20.2. The molecule has 0 saturated carbocycles. The summed E-state index contributed by atoms with van der Waals surface area (Å²) in [6.07, 6.45) is -0.997. The smallest absolute Gasteiger partial charge is 0.338 e. The second-order valence-corrected chi connectivity index (χ2v) is 7.26. The van der Waals surface area contributed by atoms with E-state index in [0.29, 0.717) is 11.3 Å². The largest absolute Gasteiger partial charge is 0.449 e. The van der Waals surface area contributed by atoms with Crippen molar-refractivity contribution >= 4 is 29.3 Å². The zero-order valence-electron chi connectivity index (χ0n) is 15.7. The van der Waals surface area contributed by atoms with Crippen molar-refractivity contribution in [3.8, 4) is 6.07 Å². The van der Waals surface area contributed by atoms with Crippen molar-refractivity contribution in [1.29, 1.82) is 5.26 Å². The van der Waals surface area contributed by atoms with Crippen LogP contribution in [0, 0.1) is 11.3 Å². The highest BCUT2D eigenvalue weighted by atomic mass is 32.2. The summed E-state index contributed by atoms with van der Waals surface area (Å²) in [5.41, 5.74) is 1.22. The molecule has 3 aromatic rings. The molecule has 3 rings (SSSR count). The molecule has 29 heavy (non-hydrogen) atoms. The van der Waals surface area contributed by atoms with E-state index in [0.717, 1.165) is 9.79 Å². The fraction of sp³-hybridized carbons (Fsp3) is 0.0870. The molecular weight excluding hydrogens is 384 g/mol. The number of anilines is 1. The molecule has 1 N–H and O–H groups in total. The highest BCUT2D eigenvalue weighted by Crippen LogP contribution is 2.33. The summed E-state index contributed by atoms with van der Waals surface area (Å²) in [7, 11) is 0. The number of carbonyl (C=O) groups is 2. The summed E-state index contributed by atoms with van der Waals surface area (Å²) in [4.78, 5) is 26.8. The molecule has 0 unspecified atom stereocenters. The number of nitrogens with one attached hydrogen (secondary N) is 1. The Bertz CT molecular complexity index is 1060. The normalized spacial score (nSPS) is 11.2. The summed E-state index contributed by atoms with van der Waals surface area (Å²) < 4.78 is 5.26. The average molecular weight is 402 g/mol. The highest BCUT2D eigenvalue weighted by Gasteiger charge is 2.20. The van der Waals surface area contributed by atoms with Gasteiger partial charge in [0.2, 0.25) is 0 Å². The lowest BCUT2D eigenvalue weighted by Gasteiger charge is -2.15. The first-order valence-corrected chi connectivity index (χ1v) is 9.72. The maximum atomic E-state index is 12.6. The minimum atomic E-state index is -0.997. The first-order valence-electron chi connectivity index (χ1n) is 8.91. The molecule has 0 fully saturated rings. The number of carbonyl (C=O) groups excluding carboxylic acids is 2.